The third-order valence-electron chi connectivity index (χ3n) is 4.00. The Morgan fingerprint density at radius 1 is 1.35 bits per heavy atom. The Balaban J connectivity index is 2.95. The highest BCUT2D eigenvalue weighted by Crippen LogP contribution is 2.25. The van der Waals surface area contributed by atoms with Crippen molar-refractivity contribution in [2.45, 2.75) is 47.6 Å². The second kappa shape index (κ2) is 6.29. The summed E-state index contributed by atoms with van der Waals surface area (Å²) in [5, 5.41) is 3.29. The van der Waals surface area contributed by atoms with Gasteiger partial charge in [-0.05, 0) is 49.9 Å². The maximum atomic E-state index is 12.6. The first-order chi connectivity index (χ1) is 9.18. The zero-order valence-corrected chi connectivity index (χ0v) is 13.9. The molecule has 1 amide bonds. The molecule has 0 bridgehead atoms. The quantitative estimate of drug-likeness (QED) is 0.903. The van der Waals surface area contributed by atoms with Gasteiger partial charge in [0.05, 0.1) is 0 Å². The summed E-state index contributed by atoms with van der Waals surface area (Å²) in [7, 11) is 1.88. The average molecular weight is 276 g/mol. The van der Waals surface area contributed by atoms with Gasteiger partial charge in [0, 0.05) is 30.9 Å². The number of nitrogens with zero attached hydrogens (tertiary/aromatic N) is 1. The molecule has 0 aliphatic rings. The van der Waals surface area contributed by atoms with E-state index in [1.165, 1.54) is 0 Å². The summed E-state index contributed by atoms with van der Waals surface area (Å²) in [5.41, 5.74) is 3.02. The molecule has 0 saturated carbocycles. The summed E-state index contributed by atoms with van der Waals surface area (Å²) >= 11 is 0. The Morgan fingerprint density at radius 2 is 1.95 bits per heavy atom. The summed E-state index contributed by atoms with van der Waals surface area (Å²) in [5.74, 6) is 0.0820. The third kappa shape index (κ3) is 3.75. The average Bonchev–Trinajstić information content (AvgIpc) is 2.37. The van der Waals surface area contributed by atoms with Crippen LogP contribution < -0.4 is 5.32 Å². The molecule has 20 heavy (non-hydrogen) atoms. The molecule has 3 nitrogen and oxygen atoms in total. The predicted octanol–water partition coefficient (Wildman–Crippen LogP) is 3.93. The maximum Gasteiger partial charge on any atom is 0.253 e. The van der Waals surface area contributed by atoms with Crippen molar-refractivity contribution in [3.05, 3.63) is 29.3 Å². The van der Waals surface area contributed by atoms with Crippen LogP contribution >= 0.6 is 0 Å². The van der Waals surface area contributed by atoms with Gasteiger partial charge in [0.2, 0.25) is 0 Å². The molecule has 0 heterocycles. The first-order valence-corrected chi connectivity index (χ1v) is 7.30. The van der Waals surface area contributed by atoms with Crippen LogP contribution in [0.2, 0.25) is 0 Å². The molecule has 0 spiro atoms. The molecule has 1 unspecified atom stereocenters. The fourth-order valence-electron chi connectivity index (χ4n) is 2.15. The molecule has 0 aliphatic heterocycles. The smallest absolute Gasteiger partial charge is 0.253 e. The molecule has 0 aliphatic carbocycles. The van der Waals surface area contributed by atoms with Crippen molar-refractivity contribution in [3.63, 3.8) is 0 Å². The minimum Gasteiger partial charge on any atom is -0.385 e. The van der Waals surface area contributed by atoms with Crippen LogP contribution in [-0.2, 0) is 0 Å². The van der Waals surface area contributed by atoms with Crippen LogP contribution in [0.5, 0.6) is 0 Å². The van der Waals surface area contributed by atoms with Crippen molar-refractivity contribution in [3.8, 4) is 0 Å². The topological polar surface area (TPSA) is 32.3 Å². The number of anilines is 1. The molecule has 1 rings (SSSR count). The molecule has 0 saturated heterocycles. The van der Waals surface area contributed by atoms with E-state index in [9.17, 15) is 4.79 Å². The Kier molecular flexibility index (Phi) is 5.21. The summed E-state index contributed by atoms with van der Waals surface area (Å²) in [6, 6.07) is 6.04. The van der Waals surface area contributed by atoms with E-state index in [1.54, 1.807) is 0 Å². The summed E-state index contributed by atoms with van der Waals surface area (Å²) in [6.45, 7) is 13.5. The Labute approximate surface area is 123 Å². The maximum absolute atomic E-state index is 12.6. The molecule has 112 valence electrons. The van der Waals surface area contributed by atoms with E-state index < -0.39 is 0 Å². The number of carbonyl (C=O) groups excluding carboxylic acids is 1. The molecule has 3 heteroatoms. The van der Waals surface area contributed by atoms with Gasteiger partial charge in [0.15, 0.2) is 0 Å². The molecular formula is C17H28N2O. The number of benzene rings is 1. The van der Waals surface area contributed by atoms with Crippen molar-refractivity contribution in [1.29, 1.82) is 0 Å². The SMILES string of the molecule is CCNc1ccc(C(=O)N(C)C(C)C(C)(C)C)cc1C. The predicted molar refractivity (Wildman–Crippen MR) is 86.4 cm³/mol. The summed E-state index contributed by atoms with van der Waals surface area (Å²) in [6.07, 6.45) is 0. The molecule has 1 N–H and O–H groups in total. The van der Waals surface area contributed by atoms with E-state index in [0.29, 0.717) is 0 Å². The van der Waals surface area contributed by atoms with Crippen molar-refractivity contribution in [1.82, 2.24) is 4.90 Å². The lowest BCUT2D eigenvalue weighted by atomic mass is 9.87. The number of aryl methyl sites for hydroxylation is 1. The lowest BCUT2D eigenvalue weighted by Crippen LogP contribution is -2.42. The highest BCUT2D eigenvalue weighted by molar-refractivity contribution is 5.95. The Bertz CT molecular complexity index is 474. The van der Waals surface area contributed by atoms with Gasteiger partial charge in [-0.3, -0.25) is 4.79 Å². The van der Waals surface area contributed by atoms with Gasteiger partial charge in [-0.15, -0.1) is 0 Å². The molecular weight excluding hydrogens is 248 g/mol. The minimum absolute atomic E-state index is 0.0726. The molecule has 1 aromatic rings. The van der Waals surface area contributed by atoms with Gasteiger partial charge in [-0.2, -0.15) is 0 Å². The fourth-order valence-corrected chi connectivity index (χ4v) is 2.15. The van der Waals surface area contributed by atoms with Crippen LogP contribution in [0.3, 0.4) is 0 Å². The van der Waals surface area contributed by atoms with Gasteiger partial charge >= 0.3 is 0 Å². The largest absolute Gasteiger partial charge is 0.385 e. The number of nitrogens with one attached hydrogen (secondary N) is 1. The molecule has 0 fully saturated rings. The van der Waals surface area contributed by atoms with E-state index in [4.69, 9.17) is 0 Å². The lowest BCUT2D eigenvalue weighted by molar-refractivity contribution is 0.0629. The van der Waals surface area contributed by atoms with Gasteiger partial charge < -0.3 is 10.2 Å². The fraction of sp³-hybridized carbons (Fsp3) is 0.588. The standard InChI is InChI=1S/C17H28N2O/c1-8-18-15-10-9-14(11-12(15)2)16(20)19(7)13(3)17(4,5)6/h9-11,13,18H,8H2,1-7H3. The van der Waals surface area contributed by atoms with Gasteiger partial charge in [-0.1, -0.05) is 20.8 Å². The van der Waals surface area contributed by atoms with E-state index in [0.717, 1.165) is 23.4 Å². The van der Waals surface area contributed by atoms with Crippen molar-refractivity contribution in [2.24, 2.45) is 5.41 Å². The number of rotatable bonds is 4. The molecule has 0 radical (unpaired) electrons. The van der Waals surface area contributed by atoms with Crippen LogP contribution in [0.1, 0.15) is 50.5 Å². The van der Waals surface area contributed by atoms with Gasteiger partial charge in [0.1, 0.15) is 0 Å². The molecule has 1 aromatic carbocycles. The first kappa shape index (κ1) is 16.5. The van der Waals surface area contributed by atoms with E-state index in [1.807, 2.05) is 37.1 Å². The van der Waals surface area contributed by atoms with Crippen LogP contribution in [0, 0.1) is 12.3 Å². The number of hydrogen-bond acceptors (Lipinski definition) is 2. The van der Waals surface area contributed by atoms with Crippen molar-refractivity contribution < 1.29 is 4.79 Å². The molecule has 0 aromatic heterocycles. The second-order valence-electron chi connectivity index (χ2n) is 6.52. The van der Waals surface area contributed by atoms with Crippen molar-refractivity contribution >= 4 is 11.6 Å². The van der Waals surface area contributed by atoms with E-state index in [2.05, 4.69) is 39.9 Å². The van der Waals surface area contributed by atoms with Crippen LogP contribution in [-0.4, -0.2) is 30.4 Å². The van der Waals surface area contributed by atoms with Crippen molar-refractivity contribution in [2.75, 3.05) is 18.9 Å². The normalized spacial score (nSPS) is 12.9. The number of amides is 1. The monoisotopic (exact) mass is 276 g/mol. The first-order valence-electron chi connectivity index (χ1n) is 7.30. The van der Waals surface area contributed by atoms with Crippen LogP contribution in [0.4, 0.5) is 5.69 Å². The van der Waals surface area contributed by atoms with Crippen LogP contribution in [0.25, 0.3) is 0 Å². The second-order valence-corrected chi connectivity index (χ2v) is 6.52. The summed E-state index contributed by atoms with van der Waals surface area (Å²) < 4.78 is 0. The zero-order chi connectivity index (χ0) is 15.5. The summed E-state index contributed by atoms with van der Waals surface area (Å²) in [4.78, 5) is 14.4. The van der Waals surface area contributed by atoms with Gasteiger partial charge in [-0.25, -0.2) is 0 Å². The minimum atomic E-state index is 0.0726. The highest BCUT2D eigenvalue weighted by Gasteiger charge is 2.27. The van der Waals surface area contributed by atoms with E-state index >= 15 is 0 Å². The zero-order valence-electron chi connectivity index (χ0n) is 13.9. The molecule has 1 atom stereocenters. The Hall–Kier alpha value is -1.51. The number of carbonyl (C=O) groups is 1. The van der Waals surface area contributed by atoms with Crippen LogP contribution in [0.15, 0.2) is 18.2 Å². The van der Waals surface area contributed by atoms with Gasteiger partial charge in [0.25, 0.3) is 5.91 Å². The number of hydrogen-bond donors (Lipinski definition) is 1. The third-order valence-corrected chi connectivity index (χ3v) is 4.00. The Morgan fingerprint density at radius 3 is 2.40 bits per heavy atom. The van der Waals surface area contributed by atoms with E-state index in [-0.39, 0.29) is 17.4 Å². The highest BCUT2D eigenvalue weighted by atomic mass is 16.2. The lowest BCUT2D eigenvalue weighted by Gasteiger charge is -2.35.